The zero-order chi connectivity index (χ0) is 18.6. The first-order valence-corrected chi connectivity index (χ1v) is 8.82. The van der Waals surface area contributed by atoms with Crippen LogP contribution in [0.15, 0.2) is 65.8 Å². The third-order valence-electron chi connectivity index (χ3n) is 4.07. The molecule has 5 heteroatoms. The van der Waals surface area contributed by atoms with Crippen molar-refractivity contribution in [3.8, 4) is 0 Å². The molecule has 3 N–H and O–H groups in total. The summed E-state index contributed by atoms with van der Waals surface area (Å²) in [5.74, 6) is 0.0245. The summed E-state index contributed by atoms with van der Waals surface area (Å²) >= 11 is 0. The van der Waals surface area contributed by atoms with Crippen LogP contribution in [-0.2, 0) is 11.3 Å². The number of benzene rings is 2. The van der Waals surface area contributed by atoms with Crippen LogP contribution in [0, 0.1) is 18.3 Å². The lowest BCUT2D eigenvalue weighted by molar-refractivity contribution is -0.122. The first kappa shape index (κ1) is 19.4. The number of carbonyl (C=O) groups is 1. The molecule has 0 saturated carbocycles. The molecule has 3 rings (SSSR count). The Labute approximate surface area is 155 Å². The molecule has 0 aliphatic carbocycles. The predicted molar refractivity (Wildman–Crippen MR) is 106 cm³/mol. The van der Waals surface area contributed by atoms with Gasteiger partial charge in [-0.2, -0.15) is 5.10 Å². The van der Waals surface area contributed by atoms with Crippen molar-refractivity contribution in [2.45, 2.75) is 26.3 Å². The highest BCUT2D eigenvalue weighted by Gasteiger charge is 2.24. The maximum atomic E-state index is 11.5. The molecule has 2 aromatic carbocycles. The molecule has 1 fully saturated rings. The highest BCUT2D eigenvalue weighted by atomic mass is 16.2. The van der Waals surface area contributed by atoms with Gasteiger partial charge < -0.3 is 16.2 Å². The van der Waals surface area contributed by atoms with Crippen molar-refractivity contribution in [3.05, 3.63) is 71.8 Å². The smallest absolute Gasteiger partial charge is 0.223 e. The summed E-state index contributed by atoms with van der Waals surface area (Å²) in [4.78, 5) is 11.5. The van der Waals surface area contributed by atoms with Gasteiger partial charge in [0.25, 0.3) is 0 Å². The van der Waals surface area contributed by atoms with Crippen molar-refractivity contribution in [2.75, 3.05) is 6.54 Å². The fourth-order valence-corrected chi connectivity index (χ4v) is 2.59. The minimum absolute atomic E-state index is 0.0427. The van der Waals surface area contributed by atoms with Gasteiger partial charge in [0.2, 0.25) is 5.91 Å². The van der Waals surface area contributed by atoms with Crippen LogP contribution in [0.1, 0.15) is 24.0 Å². The van der Waals surface area contributed by atoms with E-state index in [2.05, 4.69) is 34.9 Å². The van der Waals surface area contributed by atoms with E-state index in [4.69, 9.17) is 5.41 Å². The van der Waals surface area contributed by atoms with Crippen LogP contribution in [0.4, 0.5) is 0 Å². The third-order valence-corrected chi connectivity index (χ3v) is 4.07. The van der Waals surface area contributed by atoms with E-state index in [1.807, 2.05) is 48.5 Å². The van der Waals surface area contributed by atoms with E-state index in [1.54, 1.807) is 0 Å². The van der Waals surface area contributed by atoms with E-state index in [1.165, 1.54) is 11.8 Å². The molecule has 0 aromatic heterocycles. The average Bonchev–Trinajstić information content (AvgIpc) is 3.07. The zero-order valence-electron chi connectivity index (χ0n) is 15.1. The Morgan fingerprint density at radius 1 is 1.19 bits per heavy atom. The number of hydrogen-bond acceptors (Lipinski definition) is 4. The quantitative estimate of drug-likeness (QED) is 0.552. The van der Waals surface area contributed by atoms with Crippen LogP contribution >= 0.6 is 0 Å². The summed E-state index contributed by atoms with van der Waals surface area (Å²) in [6.07, 6.45) is 2.56. The Morgan fingerprint density at radius 2 is 1.85 bits per heavy atom. The number of nitrogens with one attached hydrogen (secondary N) is 3. The van der Waals surface area contributed by atoms with Gasteiger partial charge in [0, 0.05) is 25.1 Å². The highest BCUT2D eigenvalue weighted by molar-refractivity contribution is 6.29. The topological polar surface area (TPSA) is 77.3 Å². The van der Waals surface area contributed by atoms with E-state index in [0.717, 1.165) is 18.5 Å². The van der Waals surface area contributed by atoms with Crippen molar-refractivity contribution in [1.82, 2.24) is 10.7 Å². The highest BCUT2D eigenvalue weighted by Crippen LogP contribution is 2.14. The van der Waals surface area contributed by atoms with E-state index in [9.17, 15) is 4.79 Å². The molecule has 136 valence electrons. The monoisotopic (exact) mass is 350 g/mol. The van der Waals surface area contributed by atoms with E-state index in [0.29, 0.717) is 18.7 Å². The predicted octanol–water partition coefficient (Wildman–Crippen LogP) is 3.30. The number of nitrogens with zero attached hydrogens (tertiary/aromatic N) is 1. The number of carbonyl (C=O) groups excluding carboxylic acids is 1. The van der Waals surface area contributed by atoms with Gasteiger partial charge >= 0.3 is 0 Å². The normalized spacial score (nSPS) is 16.3. The molecule has 0 radical (unpaired) electrons. The molecular weight excluding hydrogens is 324 g/mol. The van der Waals surface area contributed by atoms with Crippen LogP contribution in [0.5, 0.6) is 0 Å². The van der Waals surface area contributed by atoms with Gasteiger partial charge in [0.1, 0.15) is 0 Å². The minimum atomic E-state index is -0.0427. The minimum Gasteiger partial charge on any atom is -0.356 e. The summed E-state index contributed by atoms with van der Waals surface area (Å²) in [6, 6.07) is 20.2. The van der Waals surface area contributed by atoms with E-state index >= 15 is 0 Å². The van der Waals surface area contributed by atoms with Crippen molar-refractivity contribution in [1.29, 1.82) is 5.41 Å². The summed E-state index contributed by atoms with van der Waals surface area (Å²) in [5, 5.41) is 14.3. The lowest BCUT2D eigenvalue weighted by atomic mass is 10.0. The second-order valence-corrected chi connectivity index (χ2v) is 6.20. The molecule has 1 amide bonds. The Morgan fingerprint density at radius 3 is 2.35 bits per heavy atom. The van der Waals surface area contributed by atoms with Gasteiger partial charge in [-0.3, -0.25) is 4.79 Å². The molecule has 1 saturated heterocycles. The van der Waals surface area contributed by atoms with Gasteiger partial charge in [-0.25, -0.2) is 0 Å². The molecule has 1 heterocycles. The van der Waals surface area contributed by atoms with Crippen LogP contribution in [0.25, 0.3) is 0 Å². The van der Waals surface area contributed by atoms with Crippen LogP contribution in [-0.4, -0.2) is 24.4 Å². The van der Waals surface area contributed by atoms with Gasteiger partial charge in [0.15, 0.2) is 0 Å². The van der Waals surface area contributed by atoms with Crippen LogP contribution < -0.4 is 10.7 Å². The average molecular weight is 350 g/mol. The molecule has 2 aromatic rings. The van der Waals surface area contributed by atoms with Crippen molar-refractivity contribution in [2.24, 2.45) is 11.0 Å². The lowest BCUT2D eigenvalue weighted by Crippen LogP contribution is -2.22. The first-order valence-electron chi connectivity index (χ1n) is 8.82. The van der Waals surface area contributed by atoms with Crippen molar-refractivity contribution < 1.29 is 4.79 Å². The maximum Gasteiger partial charge on any atom is 0.223 e. The summed E-state index contributed by atoms with van der Waals surface area (Å²) in [5.41, 5.74) is 6.01. The van der Waals surface area contributed by atoms with Crippen molar-refractivity contribution in [3.63, 3.8) is 0 Å². The van der Waals surface area contributed by atoms with Gasteiger partial charge in [-0.15, -0.1) is 0 Å². The Bertz CT molecular complexity index is 713. The van der Waals surface area contributed by atoms with Crippen LogP contribution in [0.2, 0.25) is 0 Å². The summed E-state index contributed by atoms with van der Waals surface area (Å²) in [7, 11) is 0. The number of hydrogen-bond donors (Lipinski definition) is 3. The Hall–Kier alpha value is -2.95. The molecule has 1 unspecified atom stereocenters. The van der Waals surface area contributed by atoms with Gasteiger partial charge in [-0.05, 0) is 18.9 Å². The van der Waals surface area contributed by atoms with E-state index < -0.39 is 0 Å². The fourth-order valence-electron chi connectivity index (χ4n) is 2.59. The molecule has 26 heavy (non-hydrogen) atoms. The van der Waals surface area contributed by atoms with Crippen LogP contribution in [0.3, 0.4) is 0 Å². The maximum absolute atomic E-state index is 11.5. The number of rotatable bonds is 6. The Kier molecular flexibility index (Phi) is 8.06. The first-order chi connectivity index (χ1) is 12.7. The number of amides is 1. The SMILES string of the molecule is Cc1ccccc1.N=C/C(CC1CCNC1=O)=N\NCc1ccccc1. The van der Waals surface area contributed by atoms with E-state index in [-0.39, 0.29) is 11.8 Å². The zero-order valence-corrected chi connectivity index (χ0v) is 15.1. The Balaban J connectivity index is 0.000000290. The lowest BCUT2D eigenvalue weighted by Gasteiger charge is -2.07. The molecule has 1 atom stereocenters. The molecule has 0 bridgehead atoms. The summed E-state index contributed by atoms with van der Waals surface area (Å²) in [6.45, 7) is 3.43. The fraction of sp³-hybridized carbons (Fsp3) is 0.286. The molecule has 0 spiro atoms. The number of aryl methyl sites for hydroxylation is 1. The second kappa shape index (κ2) is 10.8. The molecule has 5 nitrogen and oxygen atoms in total. The third kappa shape index (κ3) is 6.89. The van der Waals surface area contributed by atoms with Gasteiger partial charge in [-0.1, -0.05) is 66.2 Å². The largest absolute Gasteiger partial charge is 0.356 e. The van der Waals surface area contributed by atoms with Gasteiger partial charge in [0.05, 0.1) is 12.3 Å². The second-order valence-electron chi connectivity index (χ2n) is 6.20. The molecule has 1 aliphatic rings. The molecule has 1 aliphatic heterocycles. The number of hydrazone groups is 1. The standard InChI is InChI=1S/C14H18N4O.C7H8/c15-9-13(8-12-6-7-16-14(12)19)18-17-10-11-4-2-1-3-5-11;1-7-5-3-2-4-6-7/h1-5,9,12,15,17H,6-8,10H2,(H,16,19);2-6H,1H3/b15-9?,18-13-;. The molecular formula is C21H26N4O. The van der Waals surface area contributed by atoms with Crippen molar-refractivity contribution >= 4 is 17.8 Å². The summed E-state index contributed by atoms with van der Waals surface area (Å²) < 4.78 is 0.